The van der Waals surface area contributed by atoms with Gasteiger partial charge in [0.1, 0.15) is 18.2 Å². The molecule has 1 aliphatic heterocycles. The van der Waals surface area contributed by atoms with Gasteiger partial charge in [-0.1, -0.05) is 12.1 Å². The van der Waals surface area contributed by atoms with Crippen molar-refractivity contribution in [2.45, 2.75) is 12.8 Å². The average Bonchev–Trinajstić information content (AvgIpc) is 3.10. The molecule has 6 heteroatoms. The van der Waals surface area contributed by atoms with Crippen molar-refractivity contribution in [1.29, 1.82) is 0 Å². The average molecular weight is 354 g/mol. The Kier molecular flexibility index (Phi) is 5.41. The SMILES string of the molecule is COc1ccc(C(=O)N(CN2CCCC2=O)c2ccccc2OC)cc1. The van der Waals surface area contributed by atoms with Crippen molar-refractivity contribution in [2.75, 3.05) is 32.3 Å². The van der Waals surface area contributed by atoms with Crippen molar-refractivity contribution in [2.24, 2.45) is 0 Å². The predicted octanol–water partition coefficient (Wildman–Crippen LogP) is 2.93. The number of carbonyl (C=O) groups is 2. The molecule has 6 nitrogen and oxygen atoms in total. The van der Waals surface area contributed by atoms with Crippen LogP contribution in [0.2, 0.25) is 0 Å². The molecule has 2 amide bonds. The molecule has 0 saturated carbocycles. The Balaban J connectivity index is 1.95. The maximum absolute atomic E-state index is 13.2. The monoisotopic (exact) mass is 354 g/mol. The van der Waals surface area contributed by atoms with Gasteiger partial charge in [0.15, 0.2) is 0 Å². The molecule has 0 unspecified atom stereocenters. The number of benzene rings is 2. The third-order valence-electron chi connectivity index (χ3n) is 4.44. The maximum atomic E-state index is 13.2. The lowest BCUT2D eigenvalue weighted by Crippen LogP contribution is -2.42. The topological polar surface area (TPSA) is 59.1 Å². The molecule has 0 atom stereocenters. The Morgan fingerprint density at radius 2 is 1.81 bits per heavy atom. The van der Waals surface area contributed by atoms with Crippen LogP contribution in [0.3, 0.4) is 0 Å². The van der Waals surface area contributed by atoms with E-state index in [0.29, 0.717) is 35.7 Å². The van der Waals surface area contributed by atoms with Crippen LogP contribution in [-0.2, 0) is 4.79 Å². The largest absolute Gasteiger partial charge is 0.497 e. The van der Waals surface area contributed by atoms with E-state index in [9.17, 15) is 9.59 Å². The number of likely N-dealkylation sites (tertiary alicyclic amines) is 1. The van der Waals surface area contributed by atoms with Crippen molar-refractivity contribution >= 4 is 17.5 Å². The van der Waals surface area contributed by atoms with E-state index in [1.807, 2.05) is 18.2 Å². The summed E-state index contributed by atoms with van der Waals surface area (Å²) in [6, 6.07) is 14.2. The van der Waals surface area contributed by atoms with Crippen molar-refractivity contribution < 1.29 is 19.1 Å². The number of rotatable bonds is 6. The van der Waals surface area contributed by atoms with E-state index in [4.69, 9.17) is 9.47 Å². The first-order valence-electron chi connectivity index (χ1n) is 8.50. The highest BCUT2D eigenvalue weighted by molar-refractivity contribution is 6.07. The molecule has 0 radical (unpaired) electrons. The smallest absolute Gasteiger partial charge is 0.259 e. The van der Waals surface area contributed by atoms with Gasteiger partial charge < -0.3 is 14.4 Å². The van der Waals surface area contributed by atoms with Gasteiger partial charge in [-0.25, -0.2) is 0 Å². The number of nitrogens with zero attached hydrogens (tertiary/aromatic N) is 2. The Bertz CT molecular complexity index is 789. The first-order valence-corrected chi connectivity index (χ1v) is 8.50. The molecular formula is C20H22N2O4. The fourth-order valence-electron chi connectivity index (χ4n) is 3.02. The standard InChI is InChI=1S/C20H22N2O4/c1-25-16-11-9-15(10-12-16)20(24)22(14-21-13-5-8-19(21)23)17-6-3-4-7-18(17)26-2/h3-4,6-7,9-12H,5,8,13-14H2,1-2H3. The predicted molar refractivity (Wildman–Crippen MR) is 98.6 cm³/mol. The first-order chi connectivity index (χ1) is 12.6. The Hall–Kier alpha value is -3.02. The van der Waals surface area contributed by atoms with E-state index in [0.717, 1.165) is 6.42 Å². The molecule has 0 aromatic heterocycles. The third kappa shape index (κ3) is 3.64. The minimum absolute atomic E-state index is 0.0624. The number of ether oxygens (including phenoxy) is 2. The summed E-state index contributed by atoms with van der Waals surface area (Å²) in [5.74, 6) is 1.13. The second-order valence-electron chi connectivity index (χ2n) is 6.04. The van der Waals surface area contributed by atoms with E-state index in [2.05, 4.69) is 0 Å². The Labute approximate surface area is 152 Å². The van der Waals surface area contributed by atoms with Crippen molar-refractivity contribution in [3.05, 3.63) is 54.1 Å². The fraction of sp³-hybridized carbons (Fsp3) is 0.300. The normalized spacial score (nSPS) is 13.6. The lowest BCUT2D eigenvalue weighted by atomic mass is 10.1. The zero-order valence-electron chi connectivity index (χ0n) is 15.0. The molecule has 1 fully saturated rings. The second-order valence-corrected chi connectivity index (χ2v) is 6.04. The lowest BCUT2D eigenvalue weighted by molar-refractivity contribution is -0.127. The summed E-state index contributed by atoms with van der Waals surface area (Å²) in [5, 5.41) is 0. The van der Waals surface area contributed by atoms with Crippen LogP contribution < -0.4 is 14.4 Å². The molecular weight excluding hydrogens is 332 g/mol. The molecule has 1 heterocycles. The highest BCUT2D eigenvalue weighted by Gasteiger charge is 2.27. The van der Waals surface area contributed by atoms with Crippen LogP contribution >= 0.6 is 0 Å². The number of hydrogen-bond acceptors (Lipinski definition) is 4. The van der Waals surface area contributed by atoms with Crippen molar-refractivity contribution in [3.63, 3.8) is 0 Å². The van der Waals surface area contributed by atoms with Gasteiger partial charge in [-0.05, 0) is 42.8 Å². The highest BCUT2D eigenvalue weighted by atomic mass is 16.5. The van der Waals surface area contributed by atoms with Crippen LogP contribution in [-0.4, -0.2) is 44.1 Å². The molecule has 2 aromatic rings. The minimum atomic E-state index is -0.197. The molecule has 0 aliphatic carbocycles. The number of hydrogen-bond donors (Lipinski definition) is 0. The van der Waals surface area contributed by atoms with Gasteiger partial charge in [0.2, 0.25) is 5.91 Å². The molecule has 0 spiro atoms. The van der Waals surface area contributed by atoms with Gasteiger partial charge in [-0.15, -0.1) is 0 Å². The second kappa shape index (κ2) is 7.91. The molecule has 2 aromatic carbocycles. The van der Waals surface area contributed by atoms with Gasteiger partial charge in [0, 0.05) is 18.5 Å². The highest BCUT2D eigenvalue weighted by Crippen LogP contribution is 2.30. The van der Waals surface area contributed by atoms with Gasteiger partial charge in [0.25, 0.3) is 5.91 Å². The fourth-order valence-corrected chi connectivity index (χ4v) is 3.02. The first kappa shape index (κ1) is 17.8. The molecule has 0 bridgehead atoms. The molecule has 3 rings (SSSR count). The van der Waals surface area contributed by atoms with E-state index < -0.39 is 0 Å². The van der Waals surface area contributed by atoms with E-state index in [1.54, 1.807) is 54.4 Å². The van der Waals surface area contributed by atoms with Crippen molar-refractivity contribution in [3.8, 4) is 11.5 Å². The summed E-state index contributed by atoms with van der Waals surface area (Å²) in [6.07, 6.45) is 1.34. The van der Waals surface area contributed by atoms with E-state index >= 15 is 0 Å². The number of carbonyl (C=O) groups excluding carboxylic acids is 2. The van der Waals surface area contributed by atoms with Crippen LogP contribution in [0.15, 0.2) is 48.5 Å². The van der Waals surface area contributed by atoms with Crippen molar-refractivity contribution in [1.82, 2.24) is 4.90 Å². The quantitative estimate of drug-likeness (QED) is 0.800. The molecule has 1 saturated heterocycles. The summed E-state index contributed by atoms with van der Waals surface area (Å²) in [5.41, 5.74) is 1.15. The summed E-state index contributed by atoms with van der Waals surface area (Å²) in [7, 11) is 3.15. The molecule has 26 heavy (non-hydrogen) atoms. The molecule has 136 valence electrons. The van der Waals surface area contributed by atoms with Gasteiger partial charge in [-0.2, -0.15) is 0 Å². The summed E-state index contributed by atoms with van der Waals surface area (Å²) < 4.78 is 10.6. The number of anilines is 1. The number of para-hydroxylation sites is 2. The third-order valence-corrected chi connectivity index (χ3v) is 4.44. The van der Waals surface area contributed by atoms with Gasteiger partial charge >= 0.3 is 0 Å². The minimum Gasteiger partial charge on any atom is -0.497 e. The number of methoxy groups -OCH3 is 2. The molecule has 0 N–H and O–H groups in total. The lowest BCUT2D eigenvalue weighted by Gasteiger charge is -2.29. The van der Waals surface area contributed by atoms with E-state index in [-0.39, 0.29) is 18.5 Å². The van der Waals surface area contributed by atoms with E-state index in [1.165, 1.54) is 0 Å². The summed E-state index contributed by atoms with van der Waals surface area (Å²) in [4.78, 5) is 28.6. The summed E-state index contributed by atoms with van der Waals surface area (Å²) >= 11 is 0. The van der Waals surface area contributed by atoms with Crippen LogP contribution in [0, 0.1) is 0 Å². The van der Waals surface area contributed by atoms with Gasteiger partial charge in [0.05, 0.1) is 19.9 Å². The van der Waals surface area contributed by atoms with Crippen LogP contribution in [0.1, 0.15) is 23.2 Å². The van der Waals surface area contributed by atoms with Crippen LogP contribution in [0.5, 0.6) is 11.5 Å². The Morgan fingerprint density at radius 3 is 2.42 bits per heavy atom. The maximum Gasteiger partial charge on any atom is 0.259 e. The van der Waals surface area contributed by atoms with Gasteiger partial charge in [-0.3, -0.25) is 14.5 Å². The van der Waals surface area contributed by atoms with Crippen LogP contribution in [0.25, 0.3) is 0 Å². The zero-order valence-corrected chi connectivity index (χ0v) is 15.0. The number of amides is 2. The molecule has 1 aliphatic rings. The Morgan fingerprint density at radius 1 is 1.08 bits per heavy atom. The van der Waals surface area contributed by atoms with Crippen LogP contribution in [0.4, 0.5) is 5.69 Å². The summed E-state index contributed by atoms with van der Waals surface area (Å²) in [6.45, 7) is 0.852. The zero-order chi connectivity index (χ0) is 18.5.